The first kappa shape index (κ1) is 18.7. The fourth-order valence-electron chi connectivity index (χ4n) is 3.77. The minimum atomic E-state index is -1.33. The van der Waals surface area contributed by atoms with Crippen LogP contribution in [0.25, 0.3) is 11.0 Å². The summed E-state index contributed by atoms with van der Waals surface area (Å²) < 4.78 is 14.9. The molecule has 29 heavy (non-hydrogen) atoms. The van der Waals surface area contributed by atoms with Crippen LogP contribution in [0.3, 0.4) is 0 Å². The van der Waals surface area contributed by atoms with Crippen LogP contribution in [0.4, 0.5) is 11.6 Å². The summed E-state index contributed by atoms with van der Waals surface area (Å²) in [4.78, 5) is 8.92. The van der Waals surface area contributed by atoms with Gasteiger partial charge in [0.1, 0.15) is 5.69 Å². The Morgan fingerprint density at radius 1 is 1.24 bits per heavy atom. The lowest BCUT2D eigenvalue weighted by molar-refractivity contribution is 0.0652. The van der Waals surface area contributed by atoms with Gasteiger partial charge in [-0.2, -0.15) is 10.1 Å². The molecule has 3 aromatic heterocycles. The van der Waals surface area contributed by atoms with Gasteiger partial charge < -0.3 is 14.8 Å². The maximum Gasteiger partial charge on any atom is 0.257 e. The highest BCUT2D eigenvalue weighted by Gasteiger charge is 2.29. The van der Waals surface area contributed by atoms with Crippen LogP contribution in [0.1, 0.15) is 31.0 Å². The van der Waals surface area contributed by atoms with Gasteiger partial charge in [0.15, 0.2) is 10.8 Å². The molecule has 9 nitrogen and oxygen atoms in total. The van der Waals surface area contributed by atoms with Gasteiger partial charge in [0, 0.05) is 19.4 Å². The van der Waals surface area contributed by atoms with E-state index in [0.29, 0.717) is 22.9 Å². The highest BCUT2D eigenvalue weighted by atomic mass is 35.5. The summed E-state index contributed by atoms with van der Waals surface area (Å²) in [6, 6.07) is 0.251. The van der Waals surface area contributed by atoms with Crippen molar-refractivity contribution in [2.45, 2.75) is 37.6 Å². The Morgan fingerprint density at radius 3 is 2.83 bits per heavy atom. The molecule has 0 unspecified atom stereocenters. The zero-order valence-corrected chi connectivity index (χ0v) is 16.7. The Labute approximate surface area is 174 Å². The minimum absolute atomic E-state index is 0.244. The van der Waals surface area contributed by atoms with Crippen molar-refractivity contribution in [1.82, 2.24) is 29.5 Å². The second-order valence-electron chi connectivity index (χ2n) is 7.40. The van der Waals surface area contributed by atoms with Gasteiger partial charge in [-0.25, -0.2) is 4.98 Å². The first-order valence-electron chi connectivity index (χ1n) is 9.50. The van der Waals surface area contributed by atoms with E-state index in [0.717, 1.165) is 37.4 Å². The number of hydrogen-bond acceptors (Lipinski definition) is 7. The lowest BCUT2D eigenvalue weighted by Gasteiger charge is -2.26. The van der Waals surface area contributed by atoms with E-state index < -0.39 is 5.34 Å². The number of ether oxygens (including phenoxy) is 2. The van der Waals surface area contributed by atoms with Gasteiger partial charge in [0.2, 0.25) is 5.95 Å². The number of nitrogens with one attached hydrogen (secondary N) is 1. The van der Waals surface area contributed by atoms with Crippen LogP contribution in [-0.4, -0.2) is 65.0 Å². The molecule has 3 aromatic rings. The van der Waals surface area contributed by atoms with Crippen LogP contribution in [0, 0.1) is 6.92 Å². The third-order valence-electron chi connectivity index (χ3n) is 5.41. The Bertz CT molecular complexity index is 1080. The third kappa shape index (κ3) is 3.16. The first-order chi connectivity index (χ1) is 13.9. The SMILES string of the molecule is [B]C1([B])CCOc2nn(C3CCOCC3)c(C)c2Nc2ncc3c(Cl)nn1c3n2. The molecule has 0 saturated carbocycles. The normalized spacial score (nSPS) is 19.4. The number of fused-ring (bicyclic) bond motifs is 2. The Morgan fingerprint density at radius 2 is 2.03 bits per heavy atom. The van der Waals surface area contributed by atoms with Crippen LogP contribution in [0.5, 0.6) is 5.88 Å². The van der Waals surface area contributed by atoms with Crippen molar-refractivity contribution in [2.24, 2.45) is 0 Å². The van der Waals surface area contributed by atoms with E-state index >= 15 is 0 Å². The molecule has 2 bridgehead atoms. The lowest BCUT2D eigenvalue weighted by Crippen LogP contribution is -2.37. The van der Waals surface area contributed by atoms with Crippen molar-refractivity contribution in [3.8, 4) is 5.88 Å². The summed E-state index contributed by atoms with van der Waals surface area (Å²) in [5, 5.41) is 11.7. The second kappa shape index (κ2) is 6.91. The largest absolute Gasteiger partial charge is 0.475 e. The molecule has 12 heteroatoms. The first-order valence-corrected chi connectivity index (χ1v) is 9.88. The highest BCUT2D eigenvalue weighted by Crippen LogP contribution is 2.35. The predicted molar refractivity (Wildman–Crippen MR) is 109 cm³/mol. The maximum atomic E-state index is 6.32. The molecule has 0 aromatic carbocycles. The third-order valence-corrected chi connectivity index (χ3v) is 5.69. The number of hydrogen-bond donors (Lipinski definition) is 1. The molecule has 4 radical (unpaired) electrons. The predicted octanol–water partition coefficient (Wildman–Crippen LogP) is 1.81. The molecular weight excluding hydrogens is 391 g/mol. The molecule has 5 rings (SSSR count). The van der Waals surface area contributed by atoms with Crippen molar-refractivity contribution in [3.63, 3.8) is 0 Å². The summed E-state index contributed by atoms with van der Waals surface area (Å²) in [6.07, 6.45) is 3.68. The van der Waals surface area contributed by atoms with E-state index in [1.54, 1.807) is 6.20 Å². The molecule has 1 N–H and O–H groups in total. The van der Waals surface area contributed by atoms with Gasteiger partial charge in [0.05, 0.1) is 39.4 Å². The maximum absolute atomic E-state index is 6.32. The van der Waals surface area contributed by atoms with Gasteiger partial charge in [-0.05, 0) is 31.5 Å². The zero-order chi connectivity index (χ0) is 20.2. The van der Waals surface area contributed by atoms with Crippen molar-refractivity contribution >= 4 is 50.0 Å². The van der Waals surface area contributed by atoms with Crippen molar-refractivity contribution in [1.29, 1.82) is 0 Å². The van der Waals surface area contributed by atoms with E-state index in [2.05, 4.69) is 20.4 Å². The fraction of sp³-hybridized carbons (Fsp3) is 0.529. The van der Waals surface area contributed by atoms with Gasteiger partial charge in [0.25, 0.3) is 5.88 Å². The summed E-state index contributed by atoms with van der Waals surface area (Å²) in [5.74, 6) is 0.818. The standard InChI is InChI=1S/C17H18B2ClN7O2/c1-9-12-15(25-26(9)10-2-5-28-6-3-10)29-7-4-17(18,19)27-14-11(13(20)24-27)8-21-16(22-12)23-14/h8,10H,2-7H2,1H3,(H,21,22,23). The van der Waals surface area contributed by atoms with Crippen LogP contribution in [-0.2, 0) is 10.1 Å². The quantitative estimate of drug-likeness (QED) is 0.613. The fourth-order valence-corrected chi connectivity index (χ4v) is 3.98. The Hall–Kier alpha value is -2.26. The molecule has 0 amide bonds. The van der Waals surface area contributed by atoms with E-state index in [1.165, 1.54) is 4.68 Å². The van der Waals surface area contributed by atoms with Crippen LogP contribution >= 0.6 is 11.6 Å². The molecule has 5 heterocycles. The summed E-state index contributed by atoms with van der Waals surface area (Å²) in [5.41, 5.74) is 2.11. The van der Waals surface area contributed by atoms with Gasteiger partial charge in [-0.1, -0.05) is 11.6 Å². The Balaban J connectivity index is 1.62. The molecule has 2 aliphatic heterocycles. The topological polar surface area (TPSA) is 91.9 Å². The van der Waals surface area contributed by atoms with Gasteiger partial charge >= 0.3 is 0 Å². The second-order valence-corrected chi connectivity index (χ2v) is 7.76. The highest BCUT2D eigenvalue weighted by molar-refractivity contribution is 6.38. The van der Waals surface area contributed by atoms with Crippen LogP contribution < -0.4 is 10.1 Å². The molecule has 146 valence electrons. The van der Waals surface area contributed by atoms with E-state index in [-0.39, 0.29) is 24.2 Å². The number of halogens is 1. The van der Waals surface area contributed by atoms with Crippen molar-refractivity contribution in [3.05, 3.63) is 17.0 Å². The molecule has 2 aliphatic rings. The summed E-state index contributed by atoms with van der Waals surface area (Å²) in [6.45, 7) is 3.67. The molecule has 0 aliphatic carbocycles. The number of anilines is 2. The van der Waals surface area contributed by atoms with E-state index in [9.17, 15) is 0 Å². The average molecular weight is 409 g/mol. The molecular formula is C17H18B2ClN7O2. The monoisotopic (exact) mass is 409 g/mol. The van der Waals surface area contributed by atoms with Crippen molar-refractivity contribution < 1.29 is 9.47 Å². The number of aromatic nitrogens is 6. The zero-order valence-electron chi connectivity index (χ0n) is 15.9. The average Bonchev–Trinajstić information content (AvgIpc) is 3.20. The van der Waals surface area contributed by atoms with Crippen LogP contribution in [0.15, 0.2) is 6.20 Å². The molecule has 0 spiro atoms. The summed E-state index contributed by atoms with van der Waals surface area (Å²) in [7, 11) is 12.6. The molecule has 0 atom stereocenters. The molecule has 1 saturated heterocycles. The van der Waals surface area contributed by atoms with Crippen molar-refractivity contribution in [2.75, 3.05) is 25.1 Å². The van der Waals surface area contributed by atoms with Gasteiger partial charge in [-0.15, -0.1) is 5.10 Å². The van der Waals surface area contributed by atoms with E-state index in [1.807, 2.05) is 11.6 Å². The Kier molecular flexibility index (Phi) is 4.47. The molecule has 1 fully saturated rings. The summed E-state index contributed by atoms with van der Waals surface area (Å²) >= 11 is 6.22. The van der Waals surface area contributed by atoms with Gasteiger partial charge in [-0.3, -0.25) is 9.36 Å². The smallest absolute Gasteiger partial charge is 0.257 e. The van der Waals surface area contributed by atoms with E-state index in [4.69, 9.17) is 41.9 Å². The van der Waals surface area contributed by atoms with Crippen LogP contribution in [0.2, 0.25) is 5.15 Å². The lowest BCUT2D eigenvalue weighted by atomic mass is 9.60. The number of nitrogens with zero attached hydrogens (tertiary/aromatic N) is 6. The number of rotatable bonds is 1. The minimum Gasteiger partial charge on any atom is -0.475 e.